The maximum atomic E-state index is 12.2. The lowest BCUT2D eigenvalue weighted by molar-refractivity contribution is 0.580. The summed E-state index contributed by atoms with van der Waals surface area (Å²) in [5.41, 5.74) is 5.89. The predicted molar refractivity (Wildman–Crippen MR) is 81.5 cm³/mol. The minimum absolute atomic E-state index is 0.0276. The van der Waals surface area contributed by atoms with Crippen LogP contribution in [-0.2, 0) is 10.0 Å². The second-order valence-electron chi connectivity index (χ2n) is 4.53. The van der Waals surface area contributed by atoms with E-state index < -0.39 is 10.0 Å². The maximum Gasteiger partial charge on any atom is 0.243 e. The van der Waals surface area contributed by atoms with Gasteiger partial charge in [0.1, 0.15) is 4.90 Å². The van der Waals surface area contributed by atoms with Crippen LogP contribution in [0.4, 0.5) is 5.69 Å². The van der Waals surface area contributed by atoms with E-state index in [4.69, 9.17) is 28.9 Å². The van der Waals surface area contributed by atoms with Crippen LogP contribution in [0.5, 0.6) is 0 Å². The number of sulfonamides is 1. The summed E-state index contributed by atoms with van der Waals surface area (Å²) >= 11 is 13.5. The largest absolute Gasteiger partial charge is 0.399 e. The summed E-state index contributed by atoms with van der Waals surface area (Å²) in [5, 5.41) is 0.0676. The molecule has 8 heteroatoms. The molecule has 0 aromatic heterocycles. The van der Waals surface area contributed by atoms with Gasteiger partial charge in [-0.1, -0.05) is 23.2 Å². The highest BCUT2D eigenvalue weighted by Gasteiger charge is 2.42. The molecule has 1 aliphatic carbocycles. The van der Waals surface area contributed by atoms with Crippen LogP contribution < -0.4 is 10.5 Å². The monoisotopic (exact) mass is 340 g/mol. The molecule has 4 nitrogen and oxygen atoms in total. The van der Waals surface area contributed by atoms with Gasteiger partial charge in [-0.3, -0.25) is 0 Å². The van der Waals surface area contributed by atoms with Crippen LogP contribution in [0.1, 0.15) is 12.8 Å². The third-order valence-electron chi connectivity index (χ3n) is 3.11. The average molecular weight is 341 g/mol. The summed E-state index contributed by atoms with van der Waals surface area (Å²) in [5.74, 6) is 0. The Bertz CT molecular complexity index is 578. The Morgan fingerprint density at radius 3 is 2.32 bits per heavy atom. The molecule has 0 unspecified atom stereocenters. The molecule has 1 aromatic rings. The molecule has 0 aliphatic heterocycles. The van der Waals surface area contributed by atoms with Gasteiger partial charge in [0.15, 0.2) is 0 Å². The molecular weight excluding hydrogens is 327 g/mol. The lowest BCUT2D eigenvalue weighted by atomic mass is 10.3. The molecule has 0 spiro atoms. The number of rotatable bonds is 5. The lowest BCUT2D eigenvalue weighted by Crippen LogP contribution is -2.32. The fourth-order valence-electron chi connectivity index (χ4n) is 1.73. The Hall–Kier alpha value is -0.140. The first kappa shape index (κ1) is 15.3. The second kappa shape index (κ2) is 5.33. The molecule has 2 rings (SSSR count). The number of halogens is 2. The number of nitrogen functional groups attached to an aromatic ring is 1. The molecule has 1 saturated carbocycles. The summed E-state index contributed by atoms with van der Waals surface area (Å²) in [6.45, 7) is 0.382. The number of nitrogens with two attached hydrogens (primary N) is 1. The number of nitrogens with one attached hydrogen (secondary N) is 1. The first-order chi connectivity index (χ1) is 8.80. The molecule has 1 aliphatic rings. The quantitative estimate of drug-likeness (QED) is 0.808. The van der Waals surface area contributed by atoms with Crippen molar-refractivity contribution in [2.75, 3.05) is 18.5 Å². The zero-order valence-electron chi connectivity index (χ0n) is 10.2. The average Bonchev–Trinajstić information content (AvgIpc) is 3.05. The van der Waals surface area contributed by atoms with Gasteiger partial charge in [0.05, 0.1) is 10.0 Å². The van der Waals surface area contributed by atoms with Crippen LogP contribution in [-0.4, -0.2) is 26.0 Å². The highest BCUT2D eigenvalue weighted by atomic mass is 35.5. The van der Waals surface area contributed by atoms with Gasteiger partial charge in [-0.05, 0) is 31.2 Å². The second-order valence-corrected chi connectivity index (χ2v) is 8.32. The molecule has 0 bridgehead atoms. The molecule has 3 N–H and O–H groups in total. The van der Waals surface area contributed by atoms with Gasteiger partial charge in [-0.2, -0.15) is 11.8 Å². The van der Waals surface area contributed by atoms with E-state index in [1.807, 2.05) is 6.26 Å². The zero-order chi connectivity index (χ0) is 14.3. The standard InChI is InChI=1S/C11H14Cl2N2O2S2/c1-18-11(2-3-11)6-15-19(16,17)10-8(12)4-7(14)5-9(10)13/h4-5,15H,2-3,6,14H2,1H3. The maximum absolute atomic E-state index is 12.2. The van der Waals surface area contributed by atoms with Crippen LogP contribution in [0.3, 0.4) is 0 Å². The van der Waals surface area contributed by atoms with E-state index in [1.54, 1.807) is 11.8 Å². The summed E-state index contributed by atoms with van der Waals surface area (Å²) in [4.78, 5) is -0.109. The van der Waals surface area contributed by atoms with Crippen molar-refractivity contribution in [2.24, 2.45) is 0 Å². The third-order valence-corrected chi connectivity index (χ3v) is 6.85. The van der Waals surface area contributed by atoms with E-state index in [-0.39, 0.29) is 19.7 Å². The number of hydrogen-bond donors (Lipinski definition) is 2. The van der Waals surface area contributed by atoms with Crippen molar-refractivity contribution in [3.8, 4) is 0 Å². The minimum Gasteiger partial charge on any atom is -0.399 e. The Labute approximate surface area is 127 Å². The summed E-state index contributed by atoms with van der Waals surface area (Å²) in [6.07, 6.45) is 4.00. The molecule has 0 saturated heterocycles. The number of hydrogen-bond acceptors (Lipinski definition) is 4. The highest BCUT2D eigenvalue weighted by Crippen LogP contribution is 2.46. The van der Waals surface area contributed by atoms with Crippen LogP contribution in [0.25, 0.3) is 0 Å². The smallest absolute Gasteiger partial charge is 0.243 e. The molecule has 19 heavy (non-hydrogen) atoms. The molecular formula is C11H14Cl2N2O2S2. The van der Waals surface area contributed by atoms with Gasteiger partial charge in [0.2, 0.25) is 10.0 Å². The first-order valence-electron chi connectivity index (χ1n) is 5.59. The Balaban J connectivity index is 2.25. The van der Waals surface area contributed by atoms with Gasteiger partial charge in [-0.25, -0.2) is 13.1 Å². The van der Waals surface area contributed by atoms with Crippen molar-refractivity contribution in [2.45, 2.75) is 22.5 Å². The van der Waals surface area contributed by atoms with E-state index in [0.717, 1.165) is 12.8 Å². The van der Waals surface area contributed by atoms with Crippen molar-refractivity contribution in [1.29, 1.82) is 0 Å². The molecule has 1 fully saturated rings. The van der Waals surface area contributed by atoms with Gasteiger partial charge >= 0.3 is 0 Å². The third kappa shape index (κ3) is 3.31. The predicted octanol–water partition coefficient (Wildman–Crippen LogP) is 2.75. The highest BCUT2D eigenvalue weighted by molar-refractivity contribution is 8.00. The fraction of sp³-hybridized carbons (Fsp3) is 0.455. The number of benzene rings is 1. The molecule has 0 radical (unpaired) electrons. The molecule has 106 valence electrons. The van der Waals surface area contributed by atoms with Crippen molar-refractivity contribution in [3.05, 3.63) is 22.2 Å². The molecule has 0 heterocycles. The minimum atomic E-state index is -3.72. The van der Waals surface area contributed by atoms with E-state index in [0.29, 0.717) is 12.2 Å². The fourth-order valence-corrected chi connectivity index (χ4v) is 4.90. The Kier molecular flexibility index (Phi) is 4.28. The normalized spacial score (nSPS) is 17.4. The zero-order valence-corrected chi connectivity index (χ0v) is 13.4. The Morgan fingerprint density at radius 1 is 1.37 bits per heavy atom. The van der Waals surface area contributed by atoms with Crippen LogP contribution >= 0.6 is 35.0 Å². The Morgan fingerprint density at radius 2 is 1.89 bits per heavy atom. The van der Waals surface area contributed by atoms with Crippen molar-refractivity contribution in [3.63, 3.8) is 0 Å². The van der Waals surface area contributed by atoms with E-state index in [2.05, 4.69) is 4.72 Å². The molecule has 0 amide bonds. The van der Waals surface area contributed by atoms with E-state index >= 15 is 0 Å². The summed E-state index contributed by atoms with van der Waals surface area (Å²) < 4.78 is 27.1. The van der Waals surface area contributed by atoms with Gasteiger partial charge in [0, 0.05) is 17.0 Å². The van der Waals surface area contributed by atoms with E-state index in [9.17, 15) is 8.42 Å². The van der Waals surface area contributed by atoms with Crippen LogP contribution in [0.2, 0.25) is 10.0 Å². The topological polar surface area (TPSA) is 72.2 Å². The summed E-state index contributed by atoms with van der Waals surface area (Å²) in [7, 11) is -3.72. The van der Waals surface area contributed by atoms with Crippen molar-refractivity contribution in [1.82, 2.24) is 4.72 Å². The number of thioether (sulfide) groups is 1. The van der Waals surface area contributed by atoms with Crippen molar-refractivity contribution >= 4 is 50.7 Å². The van der Waals surface area contributed by atoms with Gasteiger partial charge in [0.25, 0.3) is 0 Å². The first-order valence-corrected chi connectivity index (χ1v) is 9.05. The SMILES string of the molecule is CSC1(CNS(=O)(=O)c2c(Cl)cc(N)cc2Cl)CC1. The molecule has 0 atom stereocenters. The summed E-state index contributed by atoms with van der Waals surface area (Å²) in [6, 6.07) is 2.76. The van der Waals surface area contributed by atoms with Gasteiger partial charge in [-0.15, -0.1) is 0 Å². The van der Waals surface area contributed by atoms with Crippen LogP contribution in [0.15, 0.2) is 17.0 Å². The lowest BCUT2D eigenvalue weighted by Gasteiger charge is -2.15. The number of anilines is 1. The molecule has 1 aromatic carbocycles. The van der Waals surface area contributed by atoms with Crippen molar-refractivity contribution < 1.29 is 8.42 Å². The van der Waals surface area contributed by atoms with Gasteiger partial charge < -0.3 is 5.73 Å². The van der Waals surface area contributed by atoms with E-state index in [1.165, 1.54) is 12.1 Å². The van der Waals surface area contributed by atoms with Crippen LogP contribution in [0, 0.1) is 0 Å².